The summed E-state index contributed by atoms with van der Waals surface area (Å²) in [5.74, 6) is 0.0260. The van der Waals surface area contributed by atoms with Gasteiger partial charge in [0.05, 0.1) is 11.8 Å². The molecule has 0 saturated heterocycles. The van der Waals surface area contributed by atoms with E-state index < -0.39 is 5.97 Å². The maximum atomic E-state index is 10.9. The van der Waals surface area contributed by atoms with E-state index in [2.05, 4.69) is 12.2 Å². The van der Waals surface area contributed by atoms with Crippen molar-refractivity contribution in [2.24, 2.45) is 0 Å². The number of carbonyl (C=O) groups is 1. The Morgan fingerprint density at radius 1 is 1.42 bits per heavy atom. The van der Waals surface area contributed by atoms with E-state index in [0.29, 0.717) is 5.56 Å². The summed E-state index contributed by atoms with van der Waals surface area (Å²) in [6.07, 6.45) is 2.45. The number of anilines is 1. The highest BCUT2D eigenvalue weighted by molar-refractivity contribution is 5.88. The van der Waals surface area contributed by atoms with Gasteiger partial charge in [-0.05, 0) is 49.7 Å². The maximum absolute atomic E-state index is 10.9. The van der Waals surface area contributed by atoms with Crippen LogP contribution in [-0.4, -0.2) is 17.1 Å². The third-order valence-corrected chi connectivity index (χ3v) is 2.96. The molecular formula is C15H17NO3. The molecule has 1 aromatic heterocycles. The predicted molar refractivity (Wildman–Crippen MR) is 73.6 cm³/mol. The van der Waals surface area contributed by atoms with Crippen LogP contribution in [0.2, 0.25) is 0 Å². The number of aryl methyl sites for hydroxylation is 1. The number of benzene rings is 1. The molecule has 4 nitrogen and oxygen atoms in total. The van der Waals surface area contributed by atoms with Crippen molar-refractivity contribution in [3.8, 4) is 0 Å². The molecular weight excluding hydrogens is 242 g/mol. The van der Waals surface area contributed by atoms with Crippen LogP contribution in [0.5, 0.6) is 0 Å². The highest BCUT2D eigenvalue weighted by Gasteiger charge is 2.09. The molecule has 0 aliphatic carbocycles. The number of carboxylic acids is 1. The van der Waals surface area contributed by atoms with Crippen LogP contribution >= 0.6 is 0 Å². The van der Waals surface area contributed by atoms with Crippen molar-refractivity contribution in [1.82, 2.24) is 0 Å². The number of carboxylic acid groups (broad SMARTS) is 1. The predicted octanol–water partition coefficient (Wildman–Crippen LogP) is 3.33. The summed E-state index contributed by atoms with van der Waals surface area (Å²) >= 11 is 0. The maximum Gasteiger partial charge on any atom is 0.335 e. The van der Waals surface area contributed by atoms with E-state index >= 15 is 0 Å². The lowest BCUT2D eigenvalue weighted by Crippen LogP contribution is -2.18. The second-order valence-electron chi connectivity index (χ2n) is 4.66. The average molecular weight is 259 g/mol. The topological polar surface area (TPSA) is 62.5 Å². The summed E-state index contributed by atoms with van der Waals surface area (Å²) in [7, 11) is 0. The van der Waals surface area contributed by atoms with Crippen molar-refractivity contribution in [3.05, 3.63) is 53.5 Å². The molecule has 1 heterocycles. The summed E-state index contributed by atoms with van der Waals surface area (Å²) in [6.45, 7) is 3.96. The van der Waals surface area contributed by atoms with Crippen LogP contribution in [0.15, 0.2) is 41.0 Å². The fourth-order valence-corrected chi connectivity index (χ4v) is 2.01. The molecule has 0 bridgehead atoms. The van der Waals surface area contributed by atoms with Gasteiger partial charge < -0.3 is 14.8 Å². The van der Waals surface area contributed by atoms with Crippen molar-refractivity contribution in [2.75, 3.05) is 5.32 Å². The van der Waals surface area contributed by atoms with Gasteiger partial charge in [0, 0.05) is 18.2 Å². The summed E-state index contributed by atoms with van der Waals surface area (Å²) < 4.78 is 5.30. The van der Waals surface area contributed by atoms with Gasteiger partial charge in [0.1, 0.15) is 5.76 Å². The fourth-order valence-electron chi connectivity index (χ4n) is 2.01. The first-order valence-electron chi connectivity index (χ1n) is 6.19. The van der Waals surface area contributed by atoms with Gasteiger partial charge in [-0.1, -0.05) is 0 Å². The molecule has 1 unspecified atom stereocenters. The quantitative estimate of drug-likeness (QED) is 0.864. The zero-order chi connectivity index (χ0) is 13.8. The van der Waals surface area contributed by atoms with Crippen LogP contribution in [0.25, 0.3) is 0 Å². The van der Waals surface area contributed by atoms with E-state index in [9.17, 15) is 4.79 Å². The van der Waals surface area contributed by atoms with E-state index in [-0.39, 0.29) is 6.04 Å². The van der Waals surface area contributed by atoms with Gasteiger partial charge in [-0.25, -0.2) is 4.79 Å². The van der Waals surface area contributed by atoms with Gasteiger partial charge in [0.2, 0.25) is 0 Å². The van der Waals surface area contributed by atoms with E-state index in [1.54, 1.807) is 24.5 Å². The van der Waals surface area contributed by atoms with Crippen molar-refractivity contribution in [3.63, 3.8) is 0 Å². The lowest BCUT2D eigenvalue weighted by molar-refractivity contribution is 0.0697. The Bertz CT molecular complexity index is 561. The Morgan fingerprint density at radius 2 is 2.21 bits per heavy atom. The SMILES string of the molecule is Cc1cc(C(=O)O)ccc1NC(C)Cc1ccco1. The minimum Gasteiger partial charge on any atom is -0.478 e. The van der Waals surface area contributed by atoms with Crippen LogP contribution in [0, 0.1) is 6.92 Å². The van der Waals surface area contributed by atoms with Gasteiger partial charge in [0.25, 0.3) is 0 Å². The van der Waals surface area contributed by atoms with Crippen LogP contribution in [0.4, 0.5) is 5.69 Å². The molecule has 1 atom stereocenters. The third-order valence-electron chi connectivity index (χ3n) is 2.96. The first-order chi connectivity index (χ1) is 9.06. The Hall–Kier alpha value is -2.23. The van der Waals surface area contributed by atoms with E-state index in [1.807, 2.05) is 19.1 Å². The van der Waals surface area contributed by atoms with Crippen LogP contribution in [0.1, 0.15) is 28.6 Å². The monoisotopic (exact) mass is 259 g/mol. The lowest BCUT2D eigenvalue weighted by atomic mass is 10.1. The van der Waals surface area contributed by atoms with Crippen LogP contribution < -0.4 is 5.32 Å². The first kappa shape index (κ1) is 13.2. The van der Waals surface area contributed by atoms with E-state index in [1.165, 1.54) is 0 Å². The molecule has 0 aliphatic heterocycles. The van der Waals surface area contributed by atoms with Gasteiger partial charge in [0.15, 0.2) is 0 Å². The number of furan rings is 1. The zero-order valence-electron chi connectivity index (χ0n) is 11.0. The van der Waals surface area contributed by atoms with Crippen LogP contribution in [-0.2, 0) is 6.42 Å². The van der Waals surface area contributed by atoms with E-state index in [0.717, 1.165) is 23.4 Å². The second-order valence-corrected chi connectivity index (χ2v) is 4.66. The Kier molecular flexibility index (Phi) is 3.90. The highest BCUT2D eigenvalue weighted by Crippen LogP contribution is 2.18. The molecule has 0 aliphatic rings. The smallest absolute Gasteiger partial charge is 0.335 e. The Balaban J connectivity index is 2.04. The molecule has 1 aromatic carbocycles. The minimum absolute atomic E-state index is 0.209. The molecule has 2 rings (SSSR count). The Labute approximate surface area is 112 Å². The normalized spacial score (nSPS) is 12.1. The molecule has 2 N–H and O–H groups in total. The zero-order valence-corrected chi connectivity index (χ0v) is 11.0. The van der Waals surface area contributed by atoms with Gasteiger partial charge in [-0.2, -0.15) is 0 Å². The van der Waals surface area contributed by atoms with Crippen molar-refractivity contribution in [1.29, 1.82) is 0 Å². The molecule has 19 heavy (non-hydrogen) atoms. The number of rotatable bonds is 5. The summed E-state index contributed by atoms with van der Waals surface area (Å²) in [5.41, 5.74) is 2.18. The van der Waals surface area contributed by atoms with Crippen molar-refractivity contribution >= 4 is 11.7 Å². The molecule has 0 saturated carbocycles. The number of nitrogens with one attached hydrogen (secondary N) is 1. The molecule has 0 spiro atoms. The molecule has 2 aromatic rings. The number of aromatic carboxylic acids is 1. The molecule has 0 fully saturated rings. The largest absolute Gasteiger partial charge is 0.478 e. The van der Waals surface area contributed by atoms with Crippen molar-refractivity contribution in [2.45, 2.75) is 26.3 Å². The fraction of sp³-hybridized carbons (Fsp3) is 0.267. The highest BCUT2D eigenvalue weighted by atomic mass is 16.4. The standard InChI is InChI=1S/C15H17NO3/c1-10-8-12(15(17)18)5-6-14(10)16-11(2)9-13-4-3-7-19-13/h3-8,11,16H,9H2,1-2H3,(H,17,18). The summed E-state index contributed by atoms with van der Waals surface area (Å²) in [6, 6.07) is 9.10. The molecule has 100 valence electrons. The second kappa shape index (κ2) is 5.61. The molecule has 4 heteroatoms. The van der Waals surface area contributed by atoms with Gasteiger partial charge in [-0.15, -0.1) is 0 Å². The van der Waals surface area contributed by atoms with Crippen molar-refractivity contribution < 1.29 is 14.3 Å². The molecule has 0 radical (unpaired) electrons. The first-order valence-corrected chi connectivity index (χ1v) is 6.19. The van der Waals surface area contributed by atoms with Gasteiger partial charge >= 0.3 is 5.97 Å². The minimum atomic E-state index is -0.904. The summed E-state index contributed by atoms with van der Waals surface area (Å²) in [4.78, 5) is 10.9. The van der Waals surface area contributed by atoms with Crippen LogP contribution in [0.3, 0.4) is 0 Å². The third kappa shape index (κ3) is 3.37. The lowest BCUT2D eigenvalue weighted by Gasteiger charge is -2.16. The van der Waals surface area contributed by atoms with E-state index in [4.69, 9.17) is 9.52 Å². The number of hydrogen-bond donors (Lipinski definition) is 2. The van der Waals surface area contributed by atoms with Gasteiger partial charge in [-0.3, -0.25) is 0 Å². The molecule has 0 amide bonds. The Morgan fingerprint density at radius 3 is 2.79 bits per heavy atom. The average Bonchev–Trinajstić information content (AvgIpc) is 2.84. The summed E-state index contributed by atoms with van der Waals surface area (Å²) in [5, 5.41) is 12.3. The number of hydrogen-bond acceptors (Lipinski definition) is 3.